The molecule has 0 radical (unpaired) electrons. The topological polar surface area (TPSA) is 125 Å². The zero-order chi connectivity index (χ0) is 21.3. The van der Waals surface area contributed by atoms with Crippen LogP contribution in [0.5, 0.6) is 0 Å². The Morgan fingerprint density at radius 3 is 2.57 bits per heavy atom. The summed E-state index contributed by atoms with van der Waals surface area (Å²) in [4.78, 5) is 37.1. The summed E-state index contributed by atoms with van der Waals surface area (Å²) >= 11 is 0. The highest BCUT2D eigenvalue weighted by atomic mass is 16.2. The number of aryl methyl sites for hydroxylation is 3. The van der Waals surface area contributed by atoms with Gasteiger partial charge in [0.1, 0.15) is 30.3 Å². The molecule has 4 heterocycles. The number of nitrogens with one attached hydrogen (secondary N) is 1. The number of hydrogen-bond donors (Lipinski definition) is 1. The van der Waals surface area contributed by atoms with Crippen LogP contribution in [0.2, 0.25) is 0 Å². The maximum Gasteiger partial charge on any atom is 0.267 e. The van der Waals surface area contributed by atoms with Crippen LogP contribution in [0.15, 0.2) is 47.8 Å². The summed E-state index contributed by atoms with van der Waals surface area (Å²) in [6.45, 7) is 5.33. The monoisotopic (exact) mass is 405 g/mol. The molecule has 1 amide bonds. The van der Waals surface area contributed by atoms with Crippen LogP contribution in [0, 0.1) is 20.8 Å². The van der Waals surface area contributed by atoms with E-state index in [-0.39, 0.29) is 6.54 Å². The number of rotatable bonds is 5. The number of aromatic nitrogens is 8. The van der Waals surface area contributed by atoms with Gasteiger partial charge in [0.15, 0.2) is 5.82 Å². The van der Waals surface area contributed by atoms with E-state index in [2.05, 4.69) is 30.5 Å². The van der Waals surface area contributed by atoms with Gasteiger partial charge < -0.3 is 5.32 Å². The highest BCUT2D eigenvalue weighted by Gasteiger charge is 2.12. The normalized spacial score (nSPS) is 10.9. The predicted octanol–water partition coefficient (Wildman–Crippen LogP) is 0.969. The number of hydrogen-bond acceptors (Lipinski definition) is 7. The number of nitrogens with zero attached hydrogens (tertiary/aromatic N) is 8. The molecule has 0 unspecified atom stereocenters. The third kappa shape index (κ3) is 3.85. The Kier molecular flexibility index (Phi) is 4.92. The molecule has 4 rings (SSSR count). The number of anilines is 1. The second kappa shape index (κ2) is 7.70. The lowest BCUT2D eigenvalue weighted by Crippen LogP contribution is -2.30. The van der Waals surface area contributed by atoms with Crippen LogP contribution in [0.25, 0.3) is 11.6 Å². The molecule has 11 heteroatoms. The molecule has 0 aromatic carbocycles. The van der Waals surface area contributed by atoms with E-state index >= 15 is 0 Å². The largest absolute Gasteiger partial charge is 0.309 e. The molecule has 0 fully saturated rings. The molecule has 0 spiro atoms. The van der Waals surface area contributed by atoms with Crippen molar-refractivity contribution in [2.75, 3.05) is 5.32 Å². The number of carbonyl (C=O) groups is 1. The summed E-state index contributed by atoms with van der Waals surface area (Å²) in [5, 5.41) is 11.3. The molecule has 11 nitrogen and oxygen atoms in total. The van der Waals surface area contributed by atoms with Gasteiger partial charge >= 0.3 is 0 Å². The van der Waals surface area contributed by atoms with E-state index in [1.807, 2.05) is 26.8 Å². The van der Waals surface area contributed by atoms with Crippen LogP contribution in [-0.4, -0.2) is 45.0 Å². The first-order valence-electron chi connectivity index (χ1n) is 9.15. The van der Waals surface area contributed by atoms with Crippen molar-refractivity contribution in [1.82, 2.24) is 39.1 Å². The van der Waals surface area contributed by atoms with Crippen molar-refractivity contribution in [3.8, 4) is 11.6 Å². The Labute approximate surface area is 171 Å². The first kappa shape index (κ1) is 19.2. The molecular formula is C19H19N9O2. The van der Waals surface area contributed by atoms with Gasteiger partial charge in [0.25, 0.3) is 5.56 Å². The highest BCUT2D eigenvalue weighted by molar-refractivity contribution is 5.89. The number of carbonyl (C=O) groups excluding carboxylic acids is 1. The Morgan fingerprint density at radius 1 is 1.03 bits per heavy atom. The van der Waals surface area contributed by atoms with Crippen LogP contribution < -0.4 is 10.9 Å². The Morgan fingerprint density at radius 2 is 1.87 bits per heavy atom. The van der Waals surface area contributed by atoms with Crippen molar-refractivity contribution < 1.29 is 4.79 Å². The fraction of sp³-hybridized carbons (Fsp3) is 0.211. The highest BCUT2D eigenvalue weighted by Crippen LogP contribution is 2.11. The lowest BCUT2D eigenvalue weighted by atomic mass is 10.4. The molecule has 0 atom stereocenters. The van der Waals surface area contributed by atoms with E-state index in [0.29, 0.717) is 17.5 Å². The molecule has 1 N–H and O–H groups in total. The van der Waals surface area contributed by atoms with Gasteiger partial charge in [-0.15, -0.1) is 5.10 Å². The predicted molar refractivity (Wildman–Crippen MR) is 108 cm³/mol. The average molecular weight is 405 g/mol. The molecule has 0 aliphatic rings. The molecule has 0 aliphatic carbocycles. The van der Waals surface area contributed by atoms with Gasteiger partial charge in [-0.3, -0.25) is 14.2 Å². The summed E-state index contributed by atoms with van der Waals surface area (Å²) in [6.07, 6.45) is 4.76. The lowest BCUT2D eigenvalue weighted by molar-refractivity contribution is -0.117. The van der Waals surface area contributed by atoms with Gasteiger partial charge in [-0.2, -0.15) is 5.10 Å². The smallest absolute Gasteiger partial charge is 0.267 e. The molecule has 4 aromatic heterocycles. The molecule has 0 saturated carbocycles. The first-order chi connectivity index (χ1) is 14.4. The van der Waals surface area contributed by atoms with E-state index in [0.717, 1.165) is 21.9 Å². The zero-order valence-electron chi connectivity index (χ0n) is 16.6. The van der Waals surface area contributed by atoms with Gasteiger partial charge in [0.2, 0.25) is 5.91 Å². The first-order valence-corrected chi connectivity index (χ1v) is 9.15. The van der Waals surface area contributed by atoms with Crippen LogP contribution in [0.4, 0.5) is 5.82 Å². The van der Waals surface area contributed by atoms with Crippen LogP contribution >= 0.6 is 0 Å². The SMILES string of the molecule is Cc1cc(C)n(-c2ccc(=O)n(CC(=O)Nc3cc(-n4ccnc4C)ncn3)n2)n1. The van der Waals surface area contributed by atoms with Crippen molar-refractivity contribution in [2.45, 2.75) is 27.3 Å². The molecule has 30 heavy (non-hydrogen) atoms. The molecule has 4 aromatic rings. The Balaban J connectivity index is 1.54. The third-order valence-electron chi connectivity index (χ3n) is 4.37. The quantitative estimate of drug-likeness (QED) is 0.524. The maximum atomic E-state index is 12.5. The van der Waals surface area contributed by atoms with Crippen molar-refractivity contribution in [3.63, 3.8) is 0 Å². The minimum absolute atomic E-state index is 0.268. The van der Waals surface area contributed by atoms with Crippen LogP contribution in [0.1, 0.15) is 17.2 Å². The van der Waals surface area contributed by atoms with Gasteiger partial charge in [0.05, 0.1) is 5.69 Å². The second-order valence-corrected chi connectivity index (χ2v) is 6.68. The summed E-state index contributed by atoms with van der Waals surface area (Å²) in [5.74, 6) is 1.63. The number of imidazole rings is 1. The maximum absolute atomic E-state index is 12.5. The number of amides is 1. The van der Waals surface area contributed by atoms with Crippen molar-refractivity contribution >= 4 is 11.7 Å². The summed E-state index contributed by atoms with van der Waals surface area (Å²) < 4.78 is 4.47. The third-order valence-corrected chi connectivity index (χ3v) is 4.37. The summed E-state index contributed by atoms with van der Waals surface area (Å²) in [7, 11) is 0. The fourth-order valence-electron chi connectivity index (χ4n) is 3.01. The van der Waals surface area contributed by atoms with Crippen molar-refractivity contribution in [2.24, 2.45) is 0 Å². The molecule has 0 bridgehead atoms. The van der Waals surface area contributed by atoms with Crippen LogP contribution in [0.3, 0.4) is 0 Å². The van der Waals surface area contributed by atoms with Crippen molar-refractivity contribution in [3.05, 3.63) is 70.6 Å². The van der Waals surface area contributed by atoms with Gasteiger partial charge in [-0.05, 0) is 32.9 Å². The second-order valence-electron chi connectivity index (χ2n) is 6.68. The van der Waals surface area contributed by atoms with Crippen LogP contribution in [-0.2, 0) is 11.3 Å². The minimum Gasteiger partial charge on any atom is -0.309 e. The van der Waals surface area contributed by atoms with Gasteiger partial charge in [-0.1, -0.05) is 0 Å². The summed E-state index contributed by atoms with van der Waals surface area (Å²) in [6, 6.07) is 6.45. The van der Waals surface area contributed by atoms with E-state index in [1.54, 1.807) is 33.8 Å². The molecule has 152 valence electrons. The van der Waals surface area contributed by atoms with E-state index in [4.69, 9.17) is 0 Å². The van der Waals surface area contributed by atoms with E-state index in [1.165, 1.54) is 12.4 Å². The standard InChI is InChI=1S/C19H19N9O2/c1-12-8-13(2)28(24-12)16-4-5-19(30)27(25-16)10-18(29)23-15-9-17(22-11-21-15)26-7-6-20-14(26)3/h4-9,11H,10H2,1-3H3,(H,21,22,23,29). The summed E-state index contributed by atoms with van der Waals surface area (Å²) in [5.41, 5.74) is 1.31. The van der Waals surface area contributed by atoms with E-state index in [9.17, 15) is 9.59 Å². The zero-order valence-corrected chi connectivity index (χ0v) is 16.6. The Hall–Kier alpha value is -4.15. The average Bonchev–Trinajstić information content (AvgIpc) is 3.28. The fourth-order valence-corrected chi connectivity index (χ4v) is 3.01. The lowest BCUT2D eigenvalue weighted by Gasteiger charge is -2.09. The molecule has 0 saturated heterocycles. The van der Waals surface area contributed by atoms with E-state index < -0.39 is 11.5 Å². The van der Waals surface area contributed by atoms with Gasteiger partial charge in [0, 0.05) is 30.2 Å². The minimum atomic E-state index is -0.442. The molecular weight excluding hydrogens is 386 g/mol. The van der Waals surface area contributed by atoms with Gasteiger partial charge in [-0.25, -0.2) is 24.3 Å². The van der Waals surface area contributed by atoms with Crippen molar-refractivity contribution in [1.29, 1.82) is 0 Å². The molecule has 0 aliphatic heterocycles. The Bertz CT molecular complexity index is 1290.